The molecule has 1 aliphatic rings. The Morgan fingerprint density at radius 3 is 2.95 bits per heavy atom. The normalized spacial score (nSPS) is 12.5. The molecule has 2 aromatic rings. The SMILES string of the molecule is Cc1cc(Br)cnc1NCc1ccc2c(c1)OCO2. The molecule has 0 atom stereocenters. The molecule has 1 aromatic heterocycles. The zero-order valence-corrected chi connectivity index (χ0v) is 12.0. The van der Waals surface area contributed by atoms with E-state index in [0.717, 1.165) is 32.9 Å². The third-order valence-corrected chi connectivity index (χ3v) is 3.38. The van der Waals surface area contributed by atoms with E-state index in [-0.39, 0.29) is 0 Å². The van der Waals surface area contributed by atoms with E-state index in [1.165, 1.54) is 0 Å². The predicted octanol–water partition coefficient (Wildman–Crippen LogP) is 3.49. The number of aryl methyl sites for hydroxylation is 1. The molecule has 1 aromatic carbocycles. The standard InChI is InChI=1S/C14H13BrN2O2/c1-9-4-11(15)7-17-14(9)16-6-10-2-3-12-13(5-10)19-8-18-12/h2-5,7H,6,8H2,1H3,(H,16,17). The molecule has 98 valence electrons. The molecule has 1 N–H and O–H groups in total. The van der Waals surface area contributed by atoms with Gasteiger partial charge in [-0.25, -0.2) is 4.98 Å². The molecule has 0 unspecified atom stereocenters. The number of benzene rings is 1. The summed E-state index contributed by atoms with van der Waals surface area (Å²) in [4.78, 5) is 4.35. The Bertz CT molecular complexity index is 616. The van der Waals surface area contributed by atoms with Crippen LogP contribution in [0, 0.1) is 6.92 Å². The van der Waals surface area contributed by atoms with Crippen LogP contribution in [0.4, 0.5) is 5.82 Å². The molecule has 1 aliphatic heterocycles. The molecule has 4 nitrogen and oxygen atoms in total. The van der Waals surface area contributed by atoms with E-state index < -0.39 is 0 Å². The summed E-state index contributed by atoms with van der Waals surface area (Å²) < 4.78 is 11.6. The average molecular weight is 321 g/mol. The molecular weight excluding hydrogens is 308 g/mol. The van der Waals surface area contributed by atoms with Crippen molar-refractivity contribution >= 4 is 21.7 Å². The lowest BCUT2D eigenvalue weighted by Gasteiger charge is -2.09. The van der Waals surface area contributed by atoms with Crippen LogP contribution in [0.5, 0.6) is 11.5 Å². The maximum Gasteiger partial charge on any atom is 0.231 e. The highest BCUT2D eigenvalue weighted by atomic mass is 79.9. The fourth-order valence-corrected chi connectivity index (χ4v) is 2.41. The molecule has 19 heavy (non-hydrogen) atoms. The number of halogens is 1. The monoisotopic (exact) mass is 320 g/mol. The number of pyridine rings is 1. The number of aromatic nitrogens is 1. The van der Waals surface area contributed by atoms with Crippen molar-refractivity contribution in [2.24, 2.45) is 0 Å². The number of ether oxygens (including phenoxy) is 2. The van der Waals surface area contributed by atoms with Crippen LogP contribution in [0.3, 0.4) is 0 Å². The third kappa shape index (κ3) is 2.66. The Morgan fingerprint density at radius 1 is 1.26 bits per heavy atom. The lowest BCUT2D eigenvalue weighted by molar-refractivity contribution is 0.174. The summed E-state index contributed by atoms with van der Waals surface area (Å²) in [5.41, 5.74) is 2.24. The van der Waals surface area contributed by atoms with Crippen LogP contribution in [0.1, 0.15) is 11.1 Å². The quantitative estimate of drug-likeness (QED) is 0.940. The second kappa shape index (κ2) is 5.09. The molecule has 5 heteroatoms. The average Bonchev–Trinajstić information content (AvgIpc) is 2.85. The maximum absolute atomic E-state index is 5.36. The minimum absolute atomic E-state index is 0.305. The van der Waals surface area contributed by atoms with Crippen molar-refractivity contribution in [3.05, 3.63) is 46.1 Å². The summed E-state index contributed by atoms with van der Waals surface area (Å²) in [5.74, 6) is 2.50. The number of hydrogen-bond acceptors (Lipinski definition) is 4. The van der Waals surface area contributed by atoms with Gasteiger partial charge in [0.05, 0.1) is 0 Å². The number of fused-ring (bicyclic) bond motifs is 1. The summed E-state index contributed by atoms with van der Waals surface area (Å²) in [7, 11) is 0. The highest BCUT2D eigenvalue weighted by Gasteiger charge is 2.13. The highest BCUT2D eigenvalue weighted by Crippen LogP contribution is 2.32. The Labute approximate surface area is 119 Å². The van der Waals surface area contributed by atoms with E-state index >= 15 is 0 Å². The van der Waals surface area contributed by atoms with Crippen LogP contribution >= 0.6 is 15.9 Å². The molecule has 0 saturated heterocycles. The van der Waals surface area contributed by atoms with Crippen LogP contribution in [0.2, 0.25) is 0 Å². The Hall–Kier alpha value is -1.75. The number of hydrogen-bond donors (Lipinski definition) is 1. The van der Waals surface area contributed by atoms with Crippen molar-refractivity contribution in [1.82, 2.24) is 4.98 Å². The molecule has 0 radical (unpaired) electrons. The summed E-state index contributed by atoms with van der Waals surface area (Å²) in [6.45, 7) is 3.03. The van der Waals surface area contributed by atoms with Gasteiger partial charge in [0.2, 0.25) is 6.79 Å². The summed E-state index contributed by atoms with van der Waals surface area (Å²) >= 11 is 3.41. The van der Waals surface area contributed by atoms with E-state index in [4.69, 9.17) is 9.47 Å². The Morgan fingerprint density at radius 2 is 2.11 bits per heavy atom. The van der Waals surface area contributed by atoms with Gasteiger partial charge in [0, 0.05) is 17.2 Å². The van der Waals surface area contributed by atoms with Gasteiger partial charge < -0.3 is 14.8 Å². The fraction of sp³-hybridized carbons (Fsp3) is 0.214. The van der Waals surface area contributed by atoms with Gasteiger partial charge in [0.15, 0.2) is 11.5 Å². The number of nitrogens with zero attached hydrogens (tertiary/aromatic N) is 1. The van der Waals surface area contributed by atoms with E-state index in [1.54, 1.807) is 6.20 Å². The summed E-state index contributed by atoms with van der Waals surface area (Å²) in [5, 5.41) is 3.32. The molecule has 0 spiro atoms. The van der Waals surface area contributed by atoms with Crippen LogP contribution in [-0.4, -0.2) is 11.8 Å². The minimum atomic E-state index is 0.305. The second-order valence-corrected chi connectivity index (χ2v) is 5.28. The zero-order valence-electron chi connectivity index (χ0n) is 10.4. The van der Waals surface area contributed by atoms with Crippen molar-refractivity contribution in [2.75, 3.05) is 12.1 Å². The van der Waals surface area contributed by atoms with Crippen molar-refractivity contribution in [3.63, 3.8) is 0 Å². The van der Waals surface area contributed by atoms with Gasteiger partial charge >= 0.3 is 0 Å². The lowest BCUT2D eigenvalue weighted by atomic mass is 10.2. The van der Waals surface area contributed by atoms with E-state index in [2.05, 4.69) is 26.2 Å². The van der Waals surface area contributed by atoms with Crippen molar-refractivity contribution in [3.8, 4) is 11.5 Å². The smallest absolute Gasteiger partial charge is 0.231 e. The number of anilines is 1. The molecular formula is C14H13BrN2O2. The molecule has 2 heterocycles. The first kappa shape index (κ1) is 12.3. The molecule has 0 aliphatic carbocycles. The fourth-order valence-electron chi connectivity index (χ4n) is 1.96. The van der Waals surface area contributed by atoms with E-state index in [0.29, 0.717) is 13.3 Å². The molecule has 0 fully saturated rings. The first-order chi connectivity index (χ1) is 9.22. The second-order valence-electron chi connectivity index (χ2n) is 4.36. The maximum atomic E-state index is 5.36. The topological polar surface area (TPSA) is 43.4 Å². The van der Waals surface area contributed by atoms with Gasteiger partial charge in [0.1, 0.15) is 5.82 Å². The number of rotatable bonds is 3. The van der Waals surface area contributed by atoms with Crippen LogP contribution < -0.4 is 14.8 Å². The summed E-state index contributed by atoms with van der Waals surface area (Å²) in [6, 6.07) is 7.98. The van der Waals surface area contributed by atoms with Crippen LogP contribution in [0.25, 0.3) is 0 Å². The Balaban J connectivity index is 1.72. The lowest BCUT2D eigenvalue weighted by Crippen LogP contribution is -2.03. The van der Waals surface area contributed by atoms with Crippen LogP contribution in [0.15, 0.2) is 34.9 Å². The highest BCUT2D eigenvalue weighted by molar-refractivity contribution is 9.10. The first-order valence-electron chi connectivity index (χ1n) is 5.97. The minimum Gasteiger partial charge on any atom is -0.454 e. The van der Waals surface area contributed by atoms with Gasteiger partial charge in [-0.2, -0.15) is 0 Å². The van der Waals surface area contributed by atoms with Crippen molar-refractivity contribution in [2.45, 2.75) is 13.5 Å². The predicted molar refractivity (Wildman–Crippen MR) is 76.6 cm³/mol. The first-order valence-corrected chi connectivity index (χ1v) is 6.76. The third-order valence-electron chi connectivity index (χ3n) is 2.94. The van der Waals surface area contributed by atoms with E-state index in [1.807, 2.05) is 31.2 Å². The molecule has 0 amide bonds. The van der Waals surface area contributed by atoms with Gasteiger partial charge in [-0.1, -0.05) is 6.07 Å². The van der Waals surface area contributed by atoms with Crippen molar-refractivity contribution < 1.29 is 9.47 Å². The molecule has 0 bridgehead atoms. The van der Waals surface area contributed by atoms with Crippen molar-refractivity contribution in [1.29, 1.82) is 0 Å². The molecule has 3 rings (SSSR count). The summed E-state index contributed by atoms with van der Waals surface area (Å²) in [6.07, 6.45) is 1.79. The Kier molecular flexibility index (Phi) is 3.29. The van der Waals surface area contributed by atoms with E-state index in [9.17, 15) is 0 Å². The molecule has 0 saturated carbocycles. The van der Waals surface area contributed by atoms with Crippen LogP contribution in [-0.2, 0) is 6.54 Å². The largest absolute Gasteiger partial charge is 0.454 e. The van der Waals surface area contributed by atoms with Gasteiger partial charge in [-0.15, -0.1) is 0 Å². The zero-order chi connectivity index (χ0) is 13.2. The van der Waals surface area contributed by atoms with Gasteiger partial charge in [0.25, 0.3) is 0 Å². The van der Waals surface area contributed by atoms with Gasteiger partial charge in [-0.05, 0) is 52.2 Å². The van der Waals surface area contributed by atoms with Gasteiger partial charge in [-0.3, -0.25) is 0 Å². The number of nitrogens with one attached hydrogen (secondary N) is 1.